The number of hydrogen-bond acceptors (Lipinski definition) is 7. The molecule has 1 N–H and O–H groups in total. The number of nitrogens with one attached hydrogen (secondary N) is 1. The zero-order valence-corrected chi connectivity index (χ0v) is 19.2. The van der Waals surface area contributed by atoms with Crippen LogP contribution in [0.15, 0.2) is 66.0 Å². The van der Waals surface area contributed by atoms with Crippen LogP contribution in [0.2, 0.25) is 0 Å². The smallest absolute Gasteiger partial charge is 0.272 e. The Morgan fingerprint density at radius 3 is 2.69 bits per heavy atom. The third-order valence-corrected chi connectivity index (χ3v) is 4.97. The summed E-state index contributed by atoms with van der Waals surface area (Å²) in [6.45, 7) is 2.52. The average molecular weight is 546 g/mol. The third kappa shape index (κ3) is 6.23. The third-order valence-electron chi connectivity index (χ3n) is 4.17. The summed E-state index contributed by atoms with van der Waals surface area (Å²) in [5.74, 6) is 0.723. The summed E-state index contributed by atoms with van der Waals surface area (Å²) in [5, 5.41) is 14.8. The summed E-state index contributed by atoms with van der Waals surface area (Å²) in [4.78, 5) is 26.3. The minimum absolute atomic E-state index is 0.0256. The van der Waals surface area contributed by atoms with Crippen LogP contribution in [0.3, 0.4) is 0 Å². The van der Waals surface area contributed by atoms with Gasteiger partial charge in [-0.1, -0.05) is 0 Å². The van der Waals surface area contributed by atoms with Crippen LogP contribution >= 0.6 is 22.6 Å². The molecule has 0 bridgehead atoms. The number of amides is 1. The first-order valence-electron chi connectivity index (χ1n) is 9.54. The molecule has 1 amide bonds. The molecule has 0 saturated heterocycles. The number of aromatic nitrogens is 1. The number of non-ortho nitro benzene ring substituents is 1. The van der Waals surface area contributed by atoms with E-state index < -0.39 is 4.92 Å². The van der Waals surface area contributed by atoms with E-state index in [-0.39, 0.29) is 18.2 Å². The van der Waals surface area contributed by atoms with Gasteiger partial charge in [-0.15, -0.1) is 0 Å². The van der Waals surface area contributed by atoms with Gasteiger partial charge in [0, 0.05) is 24.5 Å². The fraction of sp³-hybridized carbons (Fsp3) is 0.136. The highest BCUT2D eigenvalue weighted by molar-refractivity contribution is 14.1. The normalized spacial score (nSPS) is 10.7. The lowest BCUT2D eigenvalue weighted by Crippen LogP contribution is -2.17. The highest BCUT2D eigenvalue weighted by Gasteiger charge is 2.13. The van der Waals surface area contributed by atoms with Gasteiger partial charge < -0.3 is 9.47 Å². The highest BCUT2D eigenvalue weighted by atomic mass is 127. The van der Waals surface area contributed by atoms with Crippen LogP contribution < -0.4 is 14.9 Å². The molecule has 0 spiro atoms. The van der Waals surface area contributed by atoms with Crippen LogP contribution in [0, 0.1) is 13.7 Å². The number of nitrogens with zero attached hydrogens (tertiary/aromatic N) is 3. The van der Waals surface area contributed by atoms with Crippen LogP contribution in [0.1, 0.15) is 28.4 Å². The quantitative estimate of drug-likeness (QED) is 0.185. The van der Waals surface area contributed by atoms with Crippen LogP contribution in [0.25, 0.3) is 0 Å². The molecule has 0 atom stereocenters. The second-order valence-corrected chi connectivity index (χ2v) is 7.58. The van der Waals surface area contributed by atoms with Crippen LogP contribution in [0.4, 0.5) is 5.69 Å². The van der Waals surface area contributed by atoms with Crippen LogP contribution in [-0.2, 0) is 6.61 Å². The number of hydrazone groups is 1. The molecule has 32 heavy (non-hydrogen) atoms. The molecule has 9 nitrogen and oxygen atoms in total. The van der Waals surface area contributed by atoms with E-state index in [0.717, 1.165) is 9.13 Å². The second kappa shape index (κ2) is 11.2. The number of halogens is 1. The van der Waals surface area contributed by atoms with Gasteiger partial charge in [-0.2, -0.15) is 5.10 Å². The SMILES string of the molecule is CCOc1cc(/C=N/NC(=O)c2cccnc2)cc(I)c1OCc1ccc([N+](=O)[O-])cc1. The minimum Gasteiger partial charge on any atom is -0.490 e. The number of hydrogen-bond donors (Lipinski definition) is 1. The number of benzene rings is 2. The zero-order chi connectivity index (χ0) is 22.9. The Hall–Kier alpha value is -3.54. The van der Waals surface area contributed by atoms with E-state index in [9.17, 15) is 14.9 Å². The van der Waals surface area contributed by atoms with Gasteiger partial charge in [-0.3, -0.25) is 19.9 Å². The maximum atomic E-state index is 12.1. The fourth-order valence-electron chi connectivity index (χ4n) is 2.66. The van der Waals surface area contributed by atoms with Crippen molar-refractivity contribution >= 4 is 40.4 Å². The molecule has 3 aromatic rings. The van der Waals surface area contributed by atoms with Gasteiger partial charge in [0.25, 0.3) is 11.6 Å². The number of ether oxygens (including phenoxy) is 2. The molecular formula is C22H19IN4O5. The molecule has 0 aliphatic carbocycles. The molecule has 0 fully saturated rings. The number of pyridine rings is 1. The van der Waals surface area contributed by atoms with Crippen molar-refractivity contribution in [3.05, 3.63) is 91.3 Å². The summed E-state index contributed by atoms with van der Waals surface area (Å²) in [6, 6.07) is 13.1. The summed E-state index contributed by atoms with van der Waals surface area (Å²) in [7, 11) is 0. The fourth-order valence-corrected chi connectivity index (χ4v) is 3.44. The highest BCUT2D eigenvalue weighted by Crippen LogP contribution is 2.34. The van der Waals surface area contributed by atoms with Crippen LogP contribution in [0.5, 0.6) is 11.5 Å². The largest absolute Gasteiger partial charge is 0.490 e. The van der Waals surface area contributed by atoms with Gasteiger partial charge in [0.2, 0.25) is 0 Å². The maximum Gasteiger partial charge on any atom is 0.272 e. The summed E-state index contributed by atoms with van der Waals surface area (Å²) in [6.07, 6.45) is 4.56. The van der Waals surface area contributed by atoms with E-state index >= 15 is 0 Å². The van der Waals surface area contributed by atoms with Crippen molar-refractivity contribution in [3.63, 3.8) is 0 Å². The van der Waals surface area contributed by atoms with Gasteiger partial charge in [-0.05, 0) is 77.0 Å². The average Bonchev–Trinajstić information content (AvgIpc) is 2.79. The Labute approximate surface area is 197 Å². The molecule has 1 aromatic heterocycles. The Bertz CT molecular complexity index is 1120. The van der Waals surface area contributed by atoms with Crippen molar-refractivity contribution in [3.8, 4) is 11.5 Å². The van der Waals surface area contributed by atoms with Gasteiger partial charge in [0.15, 0.2) is 11.5 Å². The number of nitro groups is 1. The van der Waals surface area contributed by atoms with Gasteiger partial charge in [0.1, 0.15) is 6.61 Å². The first-order valence-corrected chi connectivity index (χ1v) is 10.6. The Kier molecular flexibility index (Phi) is 8.08. The van der Waals surface area contributed by atoms with Crippen molar-refractivity contribution in [2.24, 2.45) is 5.10 Å². The van der Waals surface area contributed by atoms with Crippen molar-refractivity contribution in [1.29, 1.82) is 0 Å². The summed E-state index contributed by atoms with van der Waals surface area (Å²) < 4.78 is 12.4. The molecule has 0 aliphatic rings. The lowest BCUT2D eigenvalue weighted by atomic mass is 10.2. The number of rotatable bonds is 9. The molecule has 0 aliphatic heterocycles. The number of nitro benzene ring substituents is 1. The first kappa shape index (κ1) is 23.1. The number of carbonyl (C=O) groups excluding carboxylic acids is 1. The predicted octanol–water partition coefficient (Wildman–Crippen LogP) is 4.34. The van der Waals surface area contributed by atoms with Gasteiger partial charge in [-0.25, -0.2) is 5.43 Å². The van der Waals surface area contributed by atoms with Crippen molar-refractivity contribution in [2.75, 3.05) is 6.61 Å². The molecule has 1 heterocycles. The van der Waals surface area contributed by atoms with Gasteiger partial charge >= 0.3 is 0 Å². The molecule has 0 unspecified atom stereocenters. The number of carbonyl (C=O) groups is 1. The Balaban J connectivity index is 1.71. The first-order chi connectivity index (χ1) is 15.5. The molecule has 0 saturated carbocycles. The molecular weight excluding hydrogens is 527 g/mol. The Morgan fingerprint density at radius 2 is 2.03 bits per heavy atom. The molecule has 10 heteroatoms. The monoisotopic (exact) mass is 546 g/mol. The standard InChI is InChI=1S/C22H19IN4O5/c1-2-31-20-11-16(12-25-26-22(28)17-4-3-9-24-13-17)10-19(23)21(20)32-14-15-5-7-18(8-6-15)27(29)30/h3-13H,2,14H2,1H3,(H,26,28)/b25-12+. The summed E-state index contributed by atoms with van der Waals surface area (Å²) >= 11 is 2.13. The van der Waals surface area contributed by atoms with Crippen LogP contribution in [-0.4, -0.2) is 28.6 Å². The van der Waals surface area contributed by atoms with E-state index in [1.807, 2.05) is 13.0 Å². The lowest BCUT2D eigenvalue weighted by molar-refractivity contribution is -0.384. The van der Waals surface area contributed by atoms with E-state index in [0.29, 0.717) is 29.2 Å². The van der Waals surface area contributed by atoms with Crippen molar-refractivity contribution < 1.29 is 19.2 Å². The zero-order valence-electron chi connectivity index (χ0n) is 17.0. The van der Waals surface area contributed by atoms with Crippen molar-refractivity contribution in [2.45, 2.75) is 13.5 Å². The Morgan fingerprint density at radius 1 is 1.25 bits per heavy atom. The molecule has 3 rings (SSSR count). The molecule has 0 radical (unpaired) electrons. The van der Waals surface area contributed by atoms with Gasteiger partial charge in [0.05, 0.1) is 26.9 Å². The van der Waals surface area contributed by atoms with E-state index in [2.05, 4.69) is 38.1 Å². The second-order valence-electron chi connectivity index (χ2n) is 6.42. The summed E-state index contributed by atoms with van der Waals surface area (Å²) in [5.41, 5.74) is 4.40. The van der Waals surface area contributed by atoms with Crippen molar-refractivity contribution in [1.82, 2.24) is 10.4 Å². The maximum absolute atomic E-state index is 12.1. The van der Waals surface area contributed by atoms with E-state index in [4.69, 9.17) is 9.47 Å². The molecule has 2 aromatic carbocycles. The lowest BCUT2D eigenvalue weighted by Gasteiger charge is -2.14. The van der Waals surface area contributed by atoms with E-state index in [1.54, 1.807) is 36.5 Å². The predicted molar refractivity (Wildman–Crippen MR) is 127 cm³/mol. The van der Waals surface area contributed by atoms with E-state index in [1.165, 1.54) is 24.5 Å². The molecule has 164 valence electrons. The topological polar surface area (TPSA) is 116 Å². The minimum atomic E-state index is -0.444.